The van der Waals surface area contributed by atoms with Crippen molar-refractivity contribution in [3.63, 3.8) is 0 Å². The molecule has 0 fully saturated rings. The summed E-state index contributed by atoms with van der Waals surface area (Å²) in [7, 11) is 0. The zero-order valence-electron chi connectivity index (χ0n) is 22.5. The lowest BCUT2D eigenvalue weighted by Gasteiger charge is -2.25. The summed E-state index contributed by atoms with van der Waals surface area (Å²) >= 11 is 0. The van der Waals surface area contributed by atoms with E-state index in [0.717, 1.165) is 24.0 Å². The third kappa shape index (κ3) is 3.30. The minimum absolute atomic E-state index is 0.935. The van der Waals surface area contributed by atoms with Crippen LogP contribution in [0.25, 0.3) is 82.6 Å². The van der Waals surface area contributed by atoms with Gasteiger partial charge in [0.05, 0.1) is 0 Å². The Hall–Kier alpha value is -5.14. The Balaban J connectivity index is 1.49. The lowest BCUT2D eigenvalue weighted by Crippen LogP contribution is -2.03. The molecule has 1 nitrogen and oxygen atoms in total. The maximum Gasteiger partial charge on any atom is 0.136 e. The summed E-state index contributed by atoms with van der Waals surface area (Å²) in [5, 5.41) is 9.98. The monoisotopic (exact) mass is 522 g/mol. The second-order valence-corrected chi connectivity index (χ2v) is 11.1. The largest absolute Gasteiger partial charge is 0.456 e. The summed E-state index contributed by atoms with van der Waals surface area (Å²) in [4.78, 5) is 0. The van der Waals surface area contributed by atoms with E-state index in [1.807, 2.05) is 0 Å². The maximum atomic E-state index is 6.50. The van der Waals surface area contributed by atoms with Crippen molar-refractivity contribution < 1.29 is 4.42 Å². The topological polar surface area (TPSA) is 13.1 Å². The van der Waals surface area contributed by atoms with Crippen LogP contribution in [0, 0.1) is 0 Å². The van der Waals surface area contributed by atoms with Gasteiger partial charge in [0, 0.05) is 16.3 Å². The van der Waals surface area contributed by atoms with E-state index in [1.165, 1.54) is 76.5 Å². The Labute approximate surface area is 238 Å². The Bertz CT molecular complexity index is 2370. The Morgan fingerprint density at radius 2 is 1.17 bits per heavy atom. The number of rotatable bonds is 2. The van der Waals surface area contributed by atoms with Crippen LogP contribution in [0.4, 0.5) is 0 Å². The highest BCUT2D eigenvalue weighted by Crippen LogP contribution is 2.50. The van der Waals surface area contributed by atoms with Crippen molar-refractivity contribution in [1.82, 2.24) is 0 Å². The van der Waals surface area contributed by atoms with Gasteiger partial charge in [-0.15, -0.1) is 0 Å². The quantitative estimate of drug-likeness (QED) is 0.220. The Morgan fingerprint density at radius 1 is 0.488 bits per heavy atom. The molecule has 7 aromatic carbocycles. The second-order valence-electron chi connectivity index (χ2n) is 11.1. The first-order valence-electron chi connectivity index (χ1n) is 14.4. The van der Waals surface area contributed by atoms with Crippen LogP contribution in [0.3, 0.4) is 0 Å². The molecule has 0 aliphatic heterocycles. The van der Waals surface area contributed by atoms with Crippen molar-refractivity contribution in [2.24, 2.45) is 0 Å². The predicted molar refractivity (Wildman–Crippen MR) is 174 cm³/mol. The van der Waals surface area contributed by atoms with Gasteiger partial charge < -0.3 is 4.42 Å². The molecule has 0 saturated heterocycles. The molecule has 0 saturated carbocycles. The molecule has 192 valence electrons. The molecule has 0 amide bonds. The zero-order valence-corrected chi connectivity index (χ0v) is 22.5. The SMILES string of the molecule is C1=Cc2c(c(-c3c4ccccc4cc4oc5ccccc5c34)c3ccccc3c2-c2ccc3ccccc3c2)CC1. The van der Waals surface area contributed by atoms with Crippen LogP contribution in [0.1, 0.15) is 17.5 Å². The average molecular weight is 523 g/mol. The summed E-state index contributed by atoms with van der Waals surface area (Å²) in [6.07, 6.45) is 6.76. The van der Waals surface area contributed by atoms with Gasteiger partial charge in [0.15, 0.2) is 0 Å². The first-order chi connectivity index (χ1) is 20.3. The molecule has 41 heavy (non-hydrogen) atoms. The van der Waals surface area contributed by atoms with Crippen molar-refractivity contribution in [2.45, 2.75) is 12.8 Å². The molecule has 1 aliphatic carbocycles. The maximum absolute atomic E-state index is 6.50. The van der Waals surface area contributed by atoms with Gasteiger partial charge in [-0.3, -0.25) is 0 Å². The molecule has 1 aromatic heterocycles. The lowest BCUT2D eigenvalue weighted by atomic mass is 9.78. The van der Waals surface area contributed by atoms with Crippen LogP contribution in [-0.4, -0.2) is 0 Å². The molecular weight excluding hydrogens is 496 g/mol. The van der Waals surface area contributed by atoms with Gasteiger partial charge in [-0.2, -0.15) is 0 Å². The molecule has 0 radical (unpaired) electrons. The van der Waals surface area contributed by atoms with Gasteiger partial charge in [0.1, 0.15) is 11.2 Å². The second kappa shape index (κ2) is 8.68. The average Bonchev–Trinajstić information content (AvgIpc) is 3.40. The molecule has 1 aliphatic rings. The van der Waals surface area contributed by atoms with E-state index in [9.17, 15) is 0 Å². The first-order valence-corrected chi connectivity index (χ1v) is 14.4. The summed E-state index contributed by atoms with van der Waals surface area (Å²) in [6.45, 7) is 0. The highest BCUT2D eigenvalue weighted by atomic mass is 16.3. The normalized spacial score (nSPS) is 13.1. The van der Waals surface area contributed by atoms with Gasteiger partial charge in [-0.05, 0) is 91.2 Å². The molecule has 0 spiro atoms. The molecule has 9 rings (SSSR count). The van der Waals surface area contributed by atoms with Crippen LogP contribution in [0.15, 0.2) is 132 Å². The van der Waals surface area contributed by atoms with Gasteiger partial charge >= 0.3 is 0 Å². The minimum Gasteiger partial charge on any atom is -0.456 e. The molecule has 0 unspecified atom stereocenters. The number of para-hydroxylation sites is 1. The molecule has 1 heterocycles. The number of fused-ring (bicyclic) bond motifs is 7. The highest BCUT2D eigenvalue weighted by Gasteiger charge is 2.25. The number of hydrogen-bond acceptors (Lipinski definition) is 1. The number of hydrogen-bond donors (Lipinski definition) is 0. The van der Waals surface area contributed by atoms with E-state index in [1.54, 1.807) is 0 Å². The van der Waals surface area contributed by atoms with Gasteiger partial charge in [0.2, 0.25) is 0 Å². The van der Waals surface area contributed by atoms with Crippen molar-refractivity contribution in [1.29, 1.82) is 0 Å². The molecular formula is C40H26O. The smallest absolute Gasteiger partial charge is 0.136 e. The van der Waals surface area contributed by atoms with Gasteiger partial charge in [0.25, 0.3) is 0 Å². The third-order valence-electron chi connectivity index (χ3n) is 8.89. The number of allylic oxidation sites excluding steroid dienone is 1. The fraction of sp³-hybridized carbons (Fsp3) is 0.0500. The van der Waals surface area contributed by atoms with Crippen LogP contribution < -0.4 is 0 Å². The number of furan rings is 1. The van der Waals surface area contributed by atoms with Crippen LogP contribution in [0.2, 0.25) is 0 Å². The van der Waals surface area contributed by atoms with Crippen molar-refractivity contribution in [2.75, 3.05) is 0 Å². The van der Waals surface area contributed by atoms with Crippen molar-refractivity contribution >= 4 is 60.3 Å². The summed E-state index contributed by atoms with van der Waals surface area (Å²) in [5.41, 5.74) is 9.88. The Kier molecular flexibility index (Phi) is 4.80. The summed E-state index contributed by atoms with van der Waals surface area (Å²) in [6, 6.07) is 44.0. The third-order valence-corrected chi connectivity index (χ3v) is 8.89. The van der Waals surface area contributed by atoms with E-state index in [2.05, 4.69) is 133 Å². The molecule has 8 aromatic rings. The molecule has 0 bridgehead atoms. The van der Waals surface area contributed by atoms with E-state index < -0.39 is 0 Å². The fourth-order valence-electron chi connectivity index (χ4n) is 7.14. The van der Waals surface area contributed by atoms with Crippen LogP contribution in [-0.2, 0) is 6.42 Å². The van der Waals surface area contributed by atoms with Gasteiger partial charge in [-0.25, -0.2) is 0 Å². The Morgan fingerprint density at radius 3 is 2.02 bits per heavy atom. The molecule has 1 heteroatoms. The van der Waals surface area contributed by atoms with E-state index in [4.69, 9.17) is 4.42 Å². The van der Waals surface area contributed by atoms with Gasteiger partial charge in [-0.1, -0.05) is 115 Å². The van der Waals surface area contributed by atoms with Crippen molar-refractivity contribution in [3.05, 3.63) is 139 Å². The summed E-state index contributed by atoms with van der Waals surface area (Å²) in [5.74, 6) is 0. The first kappa shape index (κ1) is 22.7. The lowest BCUT2D eigenvalue weighted by molar-refractivity contribution is 0.669. The number of benzene rings is 7. The van der Waals surface area contributed by atoms with Crippen LogP contribution in [0.5, 0.6) is 0 Å². The fourth-order valence-corrected chi connectivity index (χ4v) is 7.14. The van der Waals surface area contributed by atoms with Crippen LogP contribution >= 0.6 is 0 Å². The zero-order chi connectivity index (χ0) is 26.9. The summed E-state index contributed by atoms with van der Waals surface area (Å²) < 4.78 is 6.50. The van der Waals surface area contributed by atoms with E-state index in [0.29, 0.717) is 0 Å². The molecule has 0 atom stereocenters. The van der Waals surface area contributed by atoms with E-state index >= 15 is 0 Å². The van der Waals surface area contributed by atoms with Crippen molar-refractivity contribution in [3.8, 4) is 22.3 Å². The standard InChI is InChI=1S/C40H26O/c1-2-12-26-23-28(22-21-25(26)11-1)37-30-15-5-7-17-32(30)38(33-18-8-6-16-31(33)37)40-29-14-4-3-13-27(29)24-36-39(40)34-19-9-10-20-35(34)41-36/h1-7,9-17,19-24H,8,18H2. The molecule has 0 N–H and O–H groups in total. The predicted octanol–water partition coefficient (Wildman–Crippen LogP) is 11.3. The highest BCUT2D eigenvalue weighted by molar-refractivity contribution is 6.25. The van der Waals surface area contributed by atoms with E-state index in [-0.39, 0.29) is 0 Å². The minimum atomic E-state index is 0.935.